The third-order valence-electron chi connectivity index (χ3n) is 8.93. The Bertz CT molecular complexity index is 1250. The fraction of sp³-hybridized carbons (Fsp3) is 0.486. The van der Waals surface area contributed by atoms with Crippen molar-refractivity contribution in [3.05, 3.63) is 82.4 Å². The first-order chi connectivity index (χ1) is 19.6. The van der Waals surface area contributed by atoms with Gasteiger partial charge in [-0.2, -0.15) is 0 Å². The highest BCUT2D eigenvalue weighted by Gasteiger charge is 2.26. The molecule has 1 aliphatic carbocycles. The van der Waals surface area contributed by atoms with Gasteiger partial charge in [-0.3, -0.25) is 0 Å². The van der Waals surface area contributed by atoms with E-state index in [1.807, 2.05) is 12.1 Å². The fourth-order valence-electron chi connectivity index (χ4n) is 6.54. The van der Waals surface area contributed by atoms with Crippen LogP contribution in [0.25, 0.3) is 0 Å². The van der Waals surface area contributed by atoms with E-state index in [1.54, 1.807) is 14.2 Å². The van der Waals surface area contributed by atoms with Gasteiger partial charge in [0.2, 0.25) is 0 Å². The van der Waals surface area contributed by atoms with Crippen LogP contribution < -0.4 is 14.4 Å². The molecule has 0 saturated carbocycles. The number of nitrogens with zero attached hydrogens (tertiary/aromatic N) is 2. The van der Waals surface area contributed by atoms with Crippen molar-refractivity contribution >= 4 is 5.69 Å². The molecule has 1 fully saturated rings. The lowest BCUT2D eigenvalue weighted by molar-refractivity contribution is 0.289. The molecule has 2 aliphatic rings. The van der Waals surface area contributed by atoms with Crippen LogP contribution in [0.2, 0.25) is 0 Å². The Hall–Kier alpha value is -3.18. The molecule has 3 aromatic rings. The standard InChI is InChI=1S/C35H46N2O3/c1-4-37(25-27-11-9-26(10-12-27)17-20-36-18-7-5-6-8-19-36)33-24-35(40-3)34(39-2)23-32(33)30-14-13-29-22-31(38)16-15-28(29)21-30/h9-12,15-16,22-24,30,38H,4-8,13-14,17-21,25H2,1-3H3/t30-/m0/s1. The summed E-state index contributed by atoms with van der Waals surface area (Å²) in [6.07, 6.45) is 9.57. The van der Waals surface area contributed by atoms with Crippen LogP contribution in [-0.2, 0) is 25.8 Å². The summed E-state index contributed by atoms with van der Waals surface area (Å²) >= 11 is 0. The Morgan fingerprint density at radius 1 is 0.850 bits per heavy atom. The quantitative estimate of drug-likeness (QED) is 0.295. The van der Waals surface area contributed by atoms with Crippen molar-refractivity contribution in [2.75, 3.05) is 45.3 Å². The summed E-state index contributed by atoms with van der Waals surface area (Å²) in [4.78, 5) is 5.11. The smallest absolute Gasteiger partial charge is 0.162 e. The maximum Gasteiger partial charge on any atom is 0.162 e. The first-order valence-electron chi connectivity index (χ1n) is 15.2. The third-order valence-corrected chi connectivity index (χ3v) is 8.93. The zero-order valence-electron chi connectivity index (χ0n) is 24.6. The summed E-state index contributed by atoms with van der Waals surface area (Å²) in [7, 11) is 3.43. The van der Waals surface area contributed by atoms with Crippen molar-refractivity contribution in [1.29, 1.82) is 0 Å². The van der Waals surface area contributed by atoms with E-state index in [9.17, 15) is 5.11 Å². The number of hydrogen-bond acceptors (Lipinski definition) is 5. The molecule has 0 unspecified atom stereocenters. The molecule has 1 atom stereocenters. The average Bonchev–Trinajstić information content (AvgIpc) is 3.27. The van der Waals surface area contributed by atoms with Gasteiger partial charge in [-0.15, -0.1) is 0 Å². The minimum atomic E-state index is 0.356. The molecule has 1 aliphatic heterocycles. The van der Waals surface area contributed by atoms with E-state index in [2.05, 4.69) is 59.2 Å². The molecule has 1 heterocycles. The number of phenolic OH excluding ortho intramolecular Hbond substituents is 1. The summed E-state index contributed by atoms with van der Waals surface area (Å²) in [5.74, 6) is 2.28. The maximum absolute atomic E-state index is 9.96. The van der Waals surface area contributed by atoms with Gasteiger partial charge in [0, 0.05) is 31.4 Å². The van der Waals surface area contributed by atoms with Crippen molar-refractivity contribution in [1.82, 2.24) is 4.90 Å². The van der Waals surface area contributed by atoms with Gasteiger partial charge < -0.3 is 24.4 Å². The number of likely N-dealkylation sites (tertiary alicyclic amines) is 1. The van der Waals surface area contributed by atoms with Crippen molar-refractivity contribution in [2.45, 2.75) is 70.8 Å². The second-order valence-corrected chi connectivity index (χ2v) is 11.5. The molecular formula is C35H46N2O3. The highest BCUT2D eigenvalue weighted by molar-refractivity contribution is 5.64. The minimum Gasteiger partial charge on any atom is -0.508 e. The number of fused-ring (bicyclic) bond motifs is 1. The van der Waals surface area contributed by atoms with Gasteiger partial charge in [0.25, 0.3) is 0 Å². The monoisotopic (exact) mass is 542 g/mol. The van der Waals surface area contributed by atoms with Crippen LogP contribution >= 0.6 is 0 Å². The second-order valence-electron chi connectivity index (χ2n) is 11.5. The van der Waals surface area contributed by atoms with E-state index in [0.29, 0.717) is 11.7 Å². The summed E-state index contributed by atoms with van der Waals surface area (Å²) in [6.45, 7) is 7.66. The highest BCUT2D eigenvalue weighted by atomic mass is 16.5. The van der Waals surface area contributed by atoms with Crippen LogP contribution in [0.5, 0.6) is 17.2 Å². The van der Waals surface area contributed by atoms with Crippen molar-refractivity contribution < 1.29 is 14.6 Å². The van der Waals surface area contributed by atoms with Gasteiger partial charge in [-0.25, -0.2) is 0 Å². The molecular weight excluding hydrogens is 496 g/mol. The Kier molecular flexibility index (Phi) is 9.53. The van der Waals surface area contributed by atoms with Gasteiger partial charge in [0.05, 0.1) is 14.2 Å². The number of aryl methyl sites for hydroxylation is 1. The molecule has 5 heteroatoms. The summed E-state index contributed by atoms with van der Waals surface area (Å²) < 4.78 is 11.5. The van der Waals surface area contributed by atoms with E-state index in [-0.39, 0.29) is 0 Å². The largest absolute Gasteiger partial charge is 0.508 e. The molecule has 1 N–H and O–H groups in total. The highest BCUT2D eigenvalue weighted by Crippen LogP contribution is 2.43. The first-order valence-corrected chi connectivity index (χ1v) is 15.2. The lowest BCUT2D eigenvalue weighted by Gasteiger charge is -2.32. The van der Waals surface area contributed by atoms with E-state index >= 15 is 0 Å². The van der Waals surface area contributed by atoms with Crippen LogP contribution in [0.1, 0.15) is 72.8 Å². The number of ether oxygens (including phenoxy) is 2. The van der Waals surface area contributed by atoms with Crippen molar-refractivity contribution in [2.24, 2.45) is 0 Å². The zero-order valence-corrected chi connectivity index (χ0v) is 24.6. The normalized spacial score (nSPS) is 17.6. The number of rotatable bonds is 10. The summed E-state index contributed by atoms with van der Waals surface area (Å²) in [5.41, 5.74) is 7.88. The van der Waals surface area contributed by atoms with Crippen LogP contribution in [-0.4, -0.2) is 50.4 Å². The van der Waals surface area contributed by atoms with E-state index < -0.39 is 0 Å². The van der Waals surface area contributed by atoms with Gasteiger partial charge in [0.15, 0.2) is 11.5 Å². The topological polar surface area (TPSA) is 45.2 Å². The third kappa shape index (κ3) is 6.75. The Labute approximate surface area is 240 Å². The van der Waals surface area contributed by atoms with E-state index in [4.69, 9.17) is 9.47 Å². The number of anilines is 1. The van der Waals surface area contributed by atoms with Crippen LogP contribution in [0.3, 0.4) is 0 Å². The first kappa shape index (κ1) is 28.4. The molecule has 40 heavy (non-hydrogen) atoms. The molecule has 0 bridgehead atoms. The maximum atomic E-state index is 9.96. The molecule has 0 spiro atoms. The molecule has 5 rings (SSSR count). The summed E-state index contributed by atoms with van der Waals surface area (Å²) in [6, 6.07) is 19.5. The van der Waals surface area contributed by atoms with Gasteiger partial charge in [-0.1, -0.05) is 43.2 Å². The molecule has 5 nitrogen and oxygen atoms in total. The van der Waals surface area contributed by atoms with Crippen molar-refractivity contribution in [3.8, 4) is 17.2 Å². The number of phenols is 1. The van der Waals surface area contributed by atoms with Crippen LogP contribution in [0.4, 0.5) is 5.69 Å². The molecule has 0 aromatic heterocycles. The number of hydrogen-bond donors (Lipinski definition) is 1. The SMILES string of the molecule is CCN(Cc1ccc(CCN2CCCCCC2)cc1)c1cc(OC)c(OC)cc1[C@H]1CCc2cc(O)ccc2C1. The zero-order chi connectivity index (χ0) is 27.9. The van der Waals surface area contributed by atoms with Gasteiger partial charge >= 0.3 is 0 Å². The fourth-order valence-corrected chi connectivity index (χ4v) is 6.54. The number of methoxy groups -OCH3 is 2. The lowest BCUT2D eigenvalue weighted by Crippen LogP contribution is -2.27. The number of aromatic hydroxyl groups is 1. The second kappa shape index (κ2) is 13.5. The molecule has 214 valence electrons. The van der Waals surface area contributed by atoms with Crippen LogP contribution in [0.15, 0.2) is 54.6 Å². The molecule has 1 saturated heterocycles. The van der Waals surface area contributed by atoms with Gasteiger partial charge in [0.1, 0.15) is 5.75 Å². The Morgan fingerprint density at radius 3 is 2.25 bits per heavy atom. The summed E-state index contributed by atoms with van der Waals surface area (Å²) in [5, 5.41) is 9.96. The lowest BCUT2D eigenvalue weighted by atomic mass is 9.79. The average molecular weight is 543 g/mol. The number of benzene rings is 3. The Morgan fingerprint density at radius 2 is 1.55 bits per heavy atom. The predicted octanol–water partition coefficient (Wildman–Crippen LogP) is 7.13. The Balaban J connectivity index is 1.34. The predicted molar refractivity (Wildman–Crippen MR) is 164 cm³/mol. The minimum absolute atomic E-state index is 0.356. The van der Waals surface area contributed by atoms with E-state index in [0.717, 1.165) is 50.3 Å². The molecule has 0 amide bonds. The molecule has 0 radical (unpaired) electrons. The van der Waals surface area contributed by atoms with Crippen molar-refractivity contribution in [3.63, 3.8) is 0 Å². The van der Waals surface area contributed by atoms with Crippen LogP contribution in [0, 0.1) is 0 Å². The van der Waals surface area contributed by atoms with E-state index in [1.165, 1.54) is 78.8 Å². The molecule has 3 aromatic carbocycles. The van der Waals surface area contributed by atoms with Gasteiger partial charge in [-0.05, 0) is 110 Å².